The highest BCUT2D eigenvalue weighted by Gasteiger charge is 2.19. The second-order valence-corrected chi connectivity index (χ2v) is 6.08. The van der Waals surface area contributed by atoms with Crippen LogP contribution in [-0.2, 0) is 0 Å². The quantitative estimate of drug-likeness (QED) is 0.751. The SMILES string of the molecule is Clc1cccc2nc(Nc3cc(C4CCCC4)[nH]n3)cnc12. The molecule has 5 nitrogen and oxygen atoms in total. The standard InChI is InChI=1S/C16H16ClN5/c17-11-6-3-7-12-16(11)18-9-15(19-12)20-14-8-13(21-22-14)10-4-1-2-5-10/h3,6-10H,1-2,4-5H2,(H2,19,20,21,22). The summed E-state index contributed by atoms with van der Waals surface area (Å²) in [6, 6.07) is 7.65. The summed E-state index contributed by atoms with van der Waals surface area (Å²) in [7, 11) is 0. The number of nitrogens with zero attached hydrogens (tertiary/aromatic N) is 3. The van der Waals surface area contributed by atoms with Crippen molar-refractivity contribution in [3.05, 3.63) is 41.2 Å². The van der Waals surface area contributed by atoms with Crippen molar-refractivity contribution in [2.45, 2.75) is 31.6 Å². The van der Waals surface area contributed by atoms with Gasteiger partial charge < -0.3 is 5.32 Å². The predicted octanol–water partition coefficient (Wildman–Crippen LogP) is 4.41. The maximum atomic E-state index is 6.11. The maximum Gasteiger partial charge on any atom is 0.153 e. The zero-order valence-corrected chi connectivity index (χ0v) is 12.8. The van der Waals surface area contributed by atoms with Gasteiger partial charge in [0.05, 0.1) is 16.7 Å². The summed E-state index contributed by atoms with van der Waals surface area (Å²) < 4.78 is 0. The Morgan fingerprint density at radius 1 is 1.18 bits per heavy atom. The highest BCUT2D eigenvalue weighted by Crippen LogP contribution is 2.34. The number of nitrogens with one attached hydrogen (secondary N) is 2. The van der Waals surface area contributed by atoms with Crippen LogP contribution in [0.4, 0.5) is 11.6 Å². The molecule has 1 fully saturated rings. The van der Waals surface area contributed by atoms with Gasteiger partial charge in [0.2, 0.25) is 0 Å². The Morgan fingerprint density at radius 2 is 2.05 bits per heavy atom. The van der Waals surface area contributed by atoms with Crippen molar-refractivity contribution in [2.24, 2.45) is 0 Å². The molecule has 22 heavy (non-hydrogen) atoms. The summed E-state index contributed by atoms with van der Waals surface area (Å²) >= 11 is 6.11. The van der Waals surface area contributed by atoms with Gasteiger partial charge in [-0.25, -0.2) is 9.97 Å². The summed E-state index contributed by atoms with van der Waals surface area (Å²) in [6.45, 7) is 0. The number of aromatic nitrogens is 4. The summed E-state index contributed by atoms with van der Waals surface area (Å²) in [5.74, 6) is 2.06. The van der Waals surface area contributed by atoms with E-state index in [1.807, 2.05) is 18.2 Å². The molecule has 0 bridgehead atoms. The van der Waals surface area contributed by atoms with Crippen LogP contribution in [0.1, 0.15) is 37.3 Å². The van der Waals surface area contributed by atoms with E-state index in [9.17, 15) is 0 Å². The van der Waals surface area contributed by atoms with Crippen LogP contribution in [0.3, 0.4) is 0 Å². The summed E-state index contributed by atoms with van der Waals surface area (Å²) in [5, 5.41) is 11.3. The third kappa shape index (κ3) is 2.52. The molecule has 1 aliphatic carbocycles. The Morgan fingerprint density at radius 3 is 2.91 bits per heavy atom. The molecule has 3 aromatic rings. The van der Waals surface area contributed by atoms with Gasteiger partial charge in [-0.15, -0.1) is 0 Å². The van der Waals surface area contributed by atoms with Gasteiger partial charge in [-0.1, -0.05) is 30.5 Å². The van der Waals surface area contributed by atoms with Crippen molar-refractivity contribution in [3.63, 3.8) is 0 Å². The molecule has 0 atom stereocenters. The molecule has 0 spiro atoms. The monoisotopic (exact) mass is 313 g/mol. The number of H-pyrrole nitrogens is 1. The van der Waals surface area contributed by atoms with Crippen molar-refractivity contribution in [1.29, 1.82) is 0 Å². The van der Waals surface area contributed by atoms with Gasteiger partial charge in [0.1, 0.15) is 5.52 Å². The van der Waals surface area contributed by atoms with Gasteiger partial charge in [0.25, 0.3) is 0 Å². The lowest BCUT2D eigenvalue weighted by molar-refractivity contribution is 0.693. The first kappa shape index (κ1) is 13.5. The first-order valence-corrected chi connectivity index (χ1v) is 7.91. The zero-order valence-electron chi connectivity index (χ0n) is 12.0. The fraction of sp³-hybridized carbons (Fsp3) is 0.312. The molecular weight excluding hydrogens is 298 g/mol. The number of benzene rings is 1. The van der Waals surface area contributed by atoms with Crippen molar-refractivity contribution in [1.82, 2.24) is 20.2 Å². The Kier molecular flexibility index (Phi) is 3.42. The van der Waals surface area contributed by atoms with Gasteiger partial charge in [0, 0.05) is 17.7 Å². The second kappa shape index (κ2) is 5.57. The van der Waals surface area contributed by atoms with E-state index < -0.39 is 0 Å². The number of aromatic amines is 1. The number of para-hydroxylation sites is 1. The van der Waals surface area contributed by atoms with E-state index in [1.165, 1.54) is 31.4 Å². The average Bonchev–Trinajstić information content (AvgIpc) is 3.18. The third-order valence-electron chi connectivity index (χ3n) is 4.17. The van der Waals surface area contributed by atoms with E-state index in [0.717, 1.165) is 11.3 Å². The number of halogens is 1. The highest BCUT2D eigenvalue weighted by atomic mass is 35.5. The normalized spacial score (nSPS) is 15.5. The first-order chi connectivity index (χ1) is 10.8. The summed E-state index contributed by atoms with van der Waals surface area (Å²) in [4.78, 5) is 8.89. The molecule has 6 heteroatoms. The van der Waals surface area contributed by atoms with Crippen molar-refractivity contribution in [2.75, 3.05) is 5.32 Å². The zero-order chi connectivity index (χ0) is 14.9. The smallest absolute Gasteiger partial charge is 0.153 e. The van der Waals surface area contributed by atoms with Crippen molar-refractivity contribution < 1.29 is 0 Å². The molecule has 2 heterocycles. The first-order valence-electron chi connectivity index (χ1n) is 7.53. The maximum absolute atomic E-state index is 6.11. The lowest BCUT2D eigenvalue weighted by Gasteiger charge is -2.04. The topological polar surface area (TPSA) is 66.5 Å². The van der Waals surface area contributed by atoms with Gasteiger partial charge >= 0.3 is 0 Å². The van der Waals surface area contributed by atoms with Crippen molar-refractivity contribution >= 4 is 34.3 Å². The van der Waals surface area contributed by atoms with Gasteiger partial charge in [-0.3, -0.25) is 5.10 Å². The molecule has 1 saturated carbocycles. The lowest BCUT2D eigenvalue weighted by Crippen LogP contribution is -1.96. The summed E-state index contributed by atoms with van der Waals surface area (Å²) in [5.41, 5.74) is 2.68. The Bertz CT molecular complexity index is 807. The van der Waals surface area contributed by atoms with Crippen LogP contribution in [0.15, 0.2) is 30.5 Å². The number of hydrogen-bond acceptors (Lipinski definition) is 4. The molecule has 0 aliphatic heterocycles. The number of rotatable bonds is 3. The molecular formula is C16H16ClN5. The van der Waals surface area contributed by atoms with E-state index >= 15 is 0 Å². The van der Waals surface area contributed by atoms with E-state index in [2.05, 4.69) is 31.5 Å². The van der Waals surface area contributed by atoms with E-state index in [4.69, 9.17) is 11.6 Å². The van der Waals surface area contributed by atoms with Gasteiger partial charge in [0.15, 0.2) is 11.6 Å². The number of anilines is 2. The van der Waals surface area contributed by atoms with Crippen LogP contribution in [0.2, 0.25) is 5.02 Å². The second-order valence-electron chi connectivity index (χ2n) is 5.68. The fourth-order valence-electron chi connectivity index (χ4n) is 3.04. The molecule has 0 saturated heterocycles. The molecule has 0 amide bonds. The molecule has 1 aliphatic rings. The van der Waals surface area contributed by atoms with Crippen LogP contribution in [0, 0.1) is 0 Å². The molecule has 0 unspecified atom stereocenters. The van der Waals surface area contributed by atoms with Crippen LogP contribution in [0.5, 0.6) is 0 Å². The van der Waals surface area contributed by atoms with Gasteiger partial charge in [-0.05, 0) is 25.0 Å². The molecule has 4 rings (SSSR count). The molecule has 0 radical (unpaired) electrons. The van der Waals surface area contributed by atoms with Crippen LogP contribution < -0.4 is 5.32 Å². The van der Waals surface area contributed by atoms with Gasteiger partial charge in [-0.2, -0.15) is 5.10 Å². The Balaban J connectivity index is 1.58. The van der Waals surface area contributed by atoms with Crippen LogP contribution in [0.25, 0.3) is 11.0 Å². The Labute approximate surface area is 133 Å². The van der Waals surface area contributed by atoms with Crippen LogP contribution >= 0.6 is 11.6 Å². The Hall–Kier alpha value is -2.14. The molecule has 112 valence electrons. The third-order valence-corrected chi connectivity index (χ3v) is 4.48. The fourth-order valence-corrected chi connectivity index (χ4v) is 3.26. The minimum atomic E-state index is 0.611. The van der Waals surface area contributed by atoms with Crippen molar-refractivity contribution in [3.8, 4) is 0 Å². The van der Waals surface area contributed by atoms with Crippen LogP contribution in [-0.4, -0.2) is 20.2 Å². The molecule has 2 aromatic heterocycles. The largest absolute Gasteiger partial charge is 0.322 e. The minimum absolute atomic E-state index is 0.611. The highest BCUT2D eigenvalue weighted by molar-refractivity contribution is 6.34. The minimum Gasteiger partial charge on any atom is -0.322 e. The lowest BCUT2D eigenvalue weighted by atomic mass is 10.0. The number of fused-ring (bicyclic) bond motifs is 1. The van der Waals surface area contributed by atoms with E-state index in [0.29, 0.717) is 22.3 Å². The average molecular weight is 314 g/mol. The number of hydrogen-bond donors (Lipinski definition) is 2. The van der Waals surface area contributed by atoms with E-state index in [-0.39, 0.29) is 0 Å². The molecule has 1 aromatic carbocycles. The molecule has 2 N–H and O–H groups in total. The van der Waals surface area contributed by atoms with E-state index in [1.54, 1.807) is 6.20 Å². The predicted molar refractivity (Wildman–Crippen MR) is 87.6 cm³/mol. The summed E-state index contributed by atoms with van der Waals surface area (Å²) in [6.07, 6.45) is 6.79.